The highest BCUT2D eigenvalue weighted by atomic mass is 19.2. The Kier molecular flexibility index (Phi) is 2.21. The first-order valence-corrected chi connectivity index (χ1v) is 4.63. The zero-order chi connectivity index (χ0) is 11.1. The van der Waals surface area contributed by atoms with Gasteiger partial charge in [-0.3, -0.25) is 0 Å². The van der Waals surface area contributed by atoms with Crippen LogP contribution in [0.3, 0.4) is 0 Å². The molecule has 1 fully saturated rings. The average molecular weight is 212 g/mol. The van der Waals surface area contributed by atoms with Crippen molar-refractivity contribution in [2.75, 3.05) is 7.11 Å². The summed E-state index contributed by atoms with van der Waals surface area (Å²) in [6.45, 7) is 0. The number of halogens is 2. The van der Waals surface area contributed by atoms with Crippen LogP contribution < -0.4 is 4.74 Å². The Labute approximate surface area is 85.9 Å². The van der Waals surface area contributed by atoms with E-state index in [-0.39, 0.29) is 5.75 Å². The molecule has 2 rings (SSSR count). The number of carbonyl (C=O) groups is 1. The van der Waals surface area contributed by atoms with E-state index in [0.717, 1.165) is 12.4 Å². The Balaban J connectivity index is 2.57. The summed E-state index contributed by atoms with van der Waals surface area (Å²) < 4.78 is 31.1. The van der Waals surface area contributed by atoms with Crippen molar-refractivity contribution in [3.63, 3.8) is 0 Å². The summed E-state index contributed by atoms with van der Waals surface area (Å²) in [6, 6.07) is 2.44. The van der Waals surface area contributed by atoms with E-state index in [2.05, 4.69) is 0 Å². The molecule has 0 spiro atoms. The highest BCUT2D eigenvalue weighted by Crippen LogP contribution is 2.50. The van der Waals surface area contributed by atoms with E-state index >= 15 is 0 Å². The van der Waals surface area contributed by atoms with E-state index in [1.54, 1.807) is 0 Å². The van der Waals surface area contributed by atoms with E-state index in [1.807, 2.05) is 0 Å². The number of hydrogen-bond acceptors (Lipinski definition) is 2. The molecule has 0 atom stereocenters. The van der Waals surface area contributed by atoms with Crippen LogP contribution in [0.25, 0.3) is 0 Å². The van der Waals surface area contributed by atoms with Gasteiger partial charge in [-0.15, -0.1) is 0 Å². The molecule has 0 saturated heterocycles. The molecular formula is C11H10F2O2. The van der Waals surface area contributed by atoms with Crippen LogP contribution in [0.1, 0.15) is 18.4 Å². The van der Waals surface area contributed by atoms with Gasteiger partial charge in [-0.2, -0.15) is 4.39 Å². The number of benzene rings is 1. The number of carbonyl (C=O) groups excluding carboxylic acids is 1. The molecule has 0 radical (unpaired) electrons. The Morgan fingerprint density at radius 3 is 2.53 bits per heavy atom. The molecule has 0 amide bonds. The topological polar surface area (TPSA) is 26.3 Å². The van der Waals surface area contributed by atoms with Crippen molar-refractivity contribution in [1.29, 1.82) is 0 Å². The third-order valence-electron chi connectivity index (χ3n) is 2.80. The van der Waals surface area contributed by atoms with Crippen molar-refractivity contribution in [3.8, 4) is 5.75 Å². The molecule has 80 valence electrons. The molecule has 1 aromatic carbocycles. The molecule has 4 heteroatoms. The SMILES string of the molecule is COc1c(C2(C=O)CC2)ccc(F)c1F. The van der Waals surface area contributed by atoms with Gasteiger partial charge >= 0.3 is 0 Å². The number of ether oxygens (including phenoxy) is 1. The van der Waals surface area contributed by atoms with Crippen LogP contribution in [0.4, 0.5) is 8.78 Å². The zero-order valence-electron chi connectivity index (χ0n) is 8.22. The van der Waals surface area contributed by atoms with Gasteiger partial charge in [0.1, 0.15) is 6.29 Å². The van der Waals surface area contributed by atoms with Crippen molar-refractivity contribution in [1.82, 2.24) is 0 Å². The van der Waals surface area contributed by atoms with Crippen molar-refractivity contribution in [2.24, 2.45) is 0 Å². The maximum absolute atomic E-state index is 13.3. The standard InChI is InChI=1S/C11H10F2O2/c1-15-10-7(11(6-14)4-5-11)2-3-8(12)9(10)13/h2-3,6H,4-5H2,1H3. The maximum Gasteiger partial charge on any atom is 0.200 e. The minimum absolute atomic E-state index is 0.153. The summed E-state index contributed by atoms with van der Waals surface area (Å²) in [7, 11) is 1.27. The first kappa shape index (κ1) is 10.1. The zero-order valence-corrected chi connectivity index (χ0v) is 8.22. The maximum atomic E-state index is 13.3. The van der Waals surface area contributed by atoms with Gasteiger partial charge in [0.2, 0.25) is 5.82 Å². The molecule has 1 saturated carbocycles. The van der Waals surface area contributed by atoms with Gasteiger partial charge < -0.3 is 9.53 Å². The van der Waals surface area contributed by atoms with Gasteiger partial charge in [-0.05, 0) is 18.9 Å². The molecule has 0 unspecified atom stereocenters. The summed E-state index contributed by atoms with van der Waals surface area (Å²) in [5.41, 5.74) is -0.209. The molecule has 0 bridgehead atoms. The highest BCUT2D eigenvalue weighted by Gasteiger charge is 2.47. The lowest BCUT2D eigenvalue weighted by molar-refractivity contribution is -0.109. The first-order valence-electron chi connectivity index (χ1n) is 4.63. The average Bonchev–Trinajstić information content (AvgIpc) is 3.02. The molecule has 0 N–H and O–H groups in total. The lowest BCUT2D eigenvalue weighted by Gasteiger charge is -2.13. The monoisotopic (exact) mass is 212 g/mol. The lowest BCUT2D eigenvalue weighted by Crippen LogP contribution is -2.11. The van der Waals surface area contributed by atoms with Crippen LogP contribution in [0, 0.1) is 11.6 Å². The minimum atomic E-state index is -1.02. The lowest BCUT2D eigenvalue weighted by atomic mass is 9.96. The van der Waals surface area contributed by atoms with Crippen LogP contribution in [0.2, 0.25) is 0 Å². The summed E-state index contributed by atoms with van der Waals surface area (Å²) in [4.78, 5) is 10.9. The number of aldehydes is 1. The minimum Gasteiger partial charge on any atom is -0.493 e. The summed E-state index contributed by atoms with van der Waals surface area (Å²) in [5, 5.41) is 0. The number of hydrogen-bond donors (Lipinski definition) is 0. The fourth-order valence-corrected chi connectivity index (χ4v) is 1.71. The molecule has 15 heavy (non-hydrogen) atoms. The van der Waals surface area contributed by atoms with Crippen molar-refractivity contribution in [2.45, 2.75) is 18.3 Å². The van der Waals surface area contributed by atoms with Crippen molar-refractivity contribution >= 4 is 6.29 Å². The Bertz CT molecular complexity index is 411. The van der Waals surface area contributed by atoms with Gasteiger partial charge in [0.25, 0.3) is 0 Å². The van der Waals surface area contributed by atoms with E-state index < -0.39 is 17.0 Å². The van der Waals surface area contributed by atoms with Gasteiger partial charge in [0.05, 0.1) is 12.5 Å². The fourth-order valence-electron chi connectivity index (χ4n) is 1.71. The predicted molar refractivity (Wildman–Crippen MR) is 49.9 cm³/mol. The predicted octanol–water partition coefficient (Wildman–Crippen LogP) is 2.20. The molecule has 1 aliphatic rings. The largest absolute Gasteiger partial charge is 0.493 e. The van der Waals surface area contributed by atoms with E-state index in [0.29, 0.717) is 18.4 Å². The highest BCUT2D eigenvalue weighted by molar-refractivity contribution is 5.75. The molecule has 1 aromatic rings. The quantitative estimate of drug-likeness (QED) is 0.718. The van der Waals surface area contributed by atoms with Gasteiger partial charge in [0.15, 0.2) is 11.6 Å². The van der Waals surface area contributed by atoms with E-state index in [4.69, 9.17) is 4.74 Å². The van der Waals surface area contributed by atoms with Crippen LogP contribution >= 0.6 is 0 Å². The van der Waals surface area contributed by atoms with Crippen LogP contribution in [-0.4, -0.2) is 13.4 Å². The van der Waals surface area contributed by atoms with Crippen molar-refractivity contribution < 1.29 is 18.3 Å². The van der Waals surface area contributed by atoms with Crippen LogP contribution in [-0.2, 0) is 10.2 Å². The third-order valence-corrected chi connectivity index (χ3v) is 2.80. The molecule has 2 nitrogen and oxygen atoms in total. The first-order chi connectivity index (χ1) is 7.14. The van der Waals surface area contributed by atoms with Crippen LogP contribution in [0.5, 0.6) is 5.75 Å². The van der Waals surface area contributed by atoms with Gasteiger partial charge in [-0.1, -0.05) is 6.07 Å². The second-order valence-corrected chi connectivity index (χ2v) is 3.72. The van der Waals surface area contributed by atoms with Crippen molar-refractivity contribution in [3.05, 3.63) is 29.3 Å². The third kappa shape index (κ3) is 1.40. The second kappa shape index (κ2) is 3.29. The Morgan fingerprint density at radius 1 is 1.40 bits per heavy atom. The normalized spacial score (nSPS) is 17.3. The van der Waals surface area contributed by atoms with Gasteiger partial charge in [-0.25, -0.2) is 4.39 Å². The molecule has 0 aliphatic heterocycles. The summed E-state index contributed by atoms with van der Waals surface area (Å²) >= 11 is 0. The van der Waals surface area contributed by atoms with Gasteiger partial charge in [0, 0.05) is 5.56 Å². The molecular weight excluding hydrogens is 202 g/mol. The Hall–Kier alpha value is -1.45. The molecule has 0 aromatic heterocycles. The van der Waals surface area contributed by atoms with E-state index in [9.17, 15) is 13.6 Å². The smallest absolute Gasteiger partial charge is 0.200 e. The van der Waals surface area contributed by atoms with Crippen LogP contribution in [0.15, 0.2) is 12.1 Å². The Morgan fingerprint density at radius 2 is 2.07 bits per heavy atom. The summed E-state index contributed by atoms with van der Waals surface area (Å²) in [6.07, 6.45) is 2.11. The molecule has 1 aliphatic carbocycles. The number of rotatable bonds is 3. The van der Waals surface area contributed by atoms with E-state index in [1.165, 1.54) is 13.2 Å². The summed E-state index contributed by atoms with van der Waals surface area (Å²) in [5.74, 6) is -2.14. The molecule has 0 heterocycles. The number of methoxy groups -OCH3 is 1. The fraction of sp³-hybridized carbons (Fsp3) is 0.364. The second-order valence-electron chi connectivity index (χ2n) is 3.72.